The number of nitrogens with zero attached hydrogens (tertiary/aromatic N) is 1. The molecule has 0 saturated carbocycles. The summed E-state index contributed by atoms with van der Waals surface area (Å²) in [5, 5.41) is 9.14. The number of fused-ring (bicyclic) bond motifs is 1. The fraction of sp³-hybridized carbons (Fsp3) is 0.344. The zero-order chi connectivity index (χ0) is 30.2. The van der Waals surface area contributed by atoms with E-state index in [9.17, 15) is 36.2 Å². The zero-order valence-electron chi connectivity index (χ0n) is 22.5. The third kappa shape index (κ3) is 6.68. The Bertz CT molecular complexity index is 1500. The second kappa shape index (κ2) is 11.8. The molecule has 1 saturated heterocycles. The first-order chi connectivity index (χ1) is 19.8. The van der Waals surface area contributed by atoms with Crippen molar-refractivity contribution in [1.82, 2.24) is 4.90 Å². The Balaban J connectivity index is 1.52. The summed E-state index contributed by atoms with van der Waals surface area (Å²) in [6, 6.07) is 16.3. The van der Waals surface area contributed by atoms with Crippen molar-refractivity contribution < 1.29 is 36.2 Å². The van der Waals surface area contributed by atoms with E-state index >= 15 is 0 Å². The van der Waals surface area contributed by atoms with Crippen molar-refractivity contribution >= 4 is 28.7 Å². The summed E-state index contributed by atoms with van der Waals surface area (Å²) in [6.45, 7) is 1.16. The molecule has 10 heteroatoms. The summed E-state index contributed by atoms with van der Waals surface area (Å²) >= 11 is 6.10. The average Bonchev–Trinajstić information content (AvgIpc) is 3.08. The molecule has 0 bridgehead atoms. The van der Waals surface area contributed by atoms with Gasteiger partial charge < -0.3 is 10.0 Å². The van der Waals surface area contributed by atoms with Crippen LogP contribution in [0.4, 0.5) is 26.3 Å². The van der Waals surface area contributed by atoms with E-state index < -0.39 is 35.3 Å². The van der Waals surface area contributed by atoms with E-state index in [0.717, 1.165) is 11.1 Å². The van der Waals surface area contributed by atoms with Gasteiger partial charge in [-0.15, -0.1) is 0 Å². The summed E-state index contributed by atoms with van der Waals surface area (Å²) < 4.78 is 80.3. The molecular weight excluding hydrogens is 580 g/mol. The normalized spacial score (nSPS) is 16.6. The van der Waals surface area contributed by atoms with E-state index in [1.165, 1.54) is 24.3 Å². The topological polar surface area (TPSA) is 40.5 Å². The largest absolute Gasteiger partial charge is 0.478 e. The summed E-state index contributed by atoms with van der Waals surface area (Å²) in [4.78, 5) is 13.4. The molecule has 0 radical (unpaired) electrons. The van der Waals surface area contributed by atoms with Gasteiger partial charge in [-0.05, 0) is 88.8 Å². The number of allylic oxidation sites excluding steroid dienone is 1. The lowest BCUT2D eigenvalue weighted by molar-refractivity contribution is -0.141. The number of carboxylic acids is 1. The maximum atomic E-state index is 14.2. The predicted molar refractivity (Wildman–Crippen MR) is 149 cm³/mol. The number of rotatable bonds is 7. The van der Waals surface area contributed by atoms with Gasteiger partial charge in [0.2, 0.25) is 0 Å². The molecule has 222 valence electrons. The molecule has 1 fully saturated rings. The van der Waals surface area contributed by atoms with Crippen molar-refractivity contribution in [2.24, 2.45) is 5.92 Å². The van der Waals surface area contributed by atoms with Gasteiger partial charge in [-0.1, -0.05) is 54.1 Å². The molecule has 2 aliphatic rings. The number of carbonyl (C=O) groups is 1. The Morgan fingerprint density at radius 3 is 2.29 bits per heavy atom. The fourth-order valence-electron chi connectivity index (χ4n) is 6.00. The minimum Gasteiger partial charge on any atom is -0.478 e. The standard InChI is InChI=1S/C32H28ClF6NO2/c33-27-6-2-5-26(29(27)32(37,38)39)25-4-1-3-22-16-23(30(41)42)11-12-24(22)28(25)21-9-7-19(8-10-21)15-20-17-40(18-20)14-13-31(34,35)36/h2,5-12,16,20H,1,3-4,13-15,17-18H2,(H,41,42). The highest BCUT2D eigenvalue weighted by Gasteiger charge is 2.38. The lowest BCUT2D eigenvalue weighted by atomic mass is 9.85. The van der Waals surface area contributed by atoms with E-state index in [1.54, 1.807) is 17.0 Å². The number of halogens is 7. The van der Waals surface area contributed by atoms with Crippen LogP contribution in [-0.2, 0) is 19.0 Å². The molecule has 1 N–H and O–H groups in total. The number of alkyl halides is 6. The SMILES string of the molecule is O=C(O)c1ccc2c(c1)CCCC(c1cccc(Cl)c1C(F)(F)F)=C2c1ccc(CC2CN(CCC(F)(F)F)C2)cc1. The van der Waals surface area contributed by atoms with Gasteiger partial charge in [-0.25, -0.2) is 4.79 Å². The van der Waals surface area contributed by atoms with Crippen molar-refractivity contribution in [2.75, 3.05) is 19.6 Å². The summed E-state index contributed by atoms with van der Waals surface area (Å²) in [6.07, 6.45) is -7.67. The molecule has 1 heterocycles. The number of aromatic carboxylic acids is 1. The monoisotopic (exact) mass is 607 g/mol. The first kappa shape index (κ1) is 30.2. The molecular formula is C32H28ClF6NO2. The Kier molecular flexibility index (Phi) is 8.45. The van der Waals surface area contributed by atoms with Gasteiger partial charge in [0.25, 0.3) is 0 Å². The van der Waals surface area contributed by atoms with Crippen LogP contribution in [-0.4, -0.2) is 41.8 Å². The highest BCUT2D eigenvalue weighted by atomic mass is 35.5. The van der Waals surface area contributed by atoms with E-state index in [4.69, 9.17) is 11.6 Å². The molecule has 1 aliphatic carbocycles. The van der Waals surface area contributed by atoms with Crippen molar-refractivity contribution in [1.29, 1.82) is 0 Å². The molecule has 5 rings (SSSR count). The van der Waals surface area contributed by atoms with Crippen molar-refractivity contribution in [3.63, 3.8) is 0 Å². The van der Waals surface area contributed by atoms with Gasteiger partial charge in [0.05, 0.1) is 22.6 Å². The summed E-state index contributed by atoms with van der Waals surface area (Å²) in [5.41, 5.74) is 3.37. The third-order valence-corrected chi connectivity index (χ3v) is 8.24. The average molecular weight is 608 g/mol. The molecule has 3 aromatic rings. The van der Waals surface area contributed by atoms with E-state index in [2.05, 4.69) is 0 Å². The third-order valence-electron chi connectivity index (χ3n) is 7.93. The smallest absolute Gasteiger partial charge is 0.418 e. The highest BCUT2D eigenvalue weighted by Crippen LogP contribution is 2.46. The van der Waals surface area contributed by atoms with Gasteiger partial charge in [-0.3, -0.25) is 0 Å². The highest BCUT2D eigenvalue weighted by molar-refractivity contribution is 6.31. The second-order valence-corrected chi connectivity index (χ2v) is 11.3. The van der Waals surface area contributed by atoms with E-state index in [-0.39, 0.29) is 23.6 Å². The minimum atomic E-state index is -4.69. The molecule has 0 atom stereocenters. The zero-order valence-corrected chi connectivity index (χ0v) is 23.2. The van der Waals surface area contributed by atoms with Crippen LogP contribution in [0.25, 0.3) is 11.1 Å². The molecule has 0 spiro atoms. The predicted octanol–water partition coefficient (Wildman–Crippen LogP) is 8.78. The quantitative estimate of drug-likeness (QED) is 0.273. The Hall–Kier alpha value is -3.30. The lowest BCUT2D eigenvalue weighted by Gasteiger charge is -2.39. The van der Waals surface area contributed by atoms with E-state index in [0.29, 0.717) is 61.0 Å². The van der Waals surface area contributed by atoms with Crippen LogP contribution in [0.1, 0.15) is 63.0 Å². The van der Waals surface area contributed by atoms with Crippen LogP contribution < -0.4 is 0 Å². The van der Waals surface area contributed by atoms with Crippen molar-refractivity contribution in [3.05, 3.63) is 105 Å². The van der Waals surface area contributed by atoms with Crippen molar-refractivity contribution in [2.45, 2.75) is 44.5 Å². The Morgan fingerprint density at radius 1 is 0.929 bits per heavy atom. The van der Waals surface area contributed by atoms with Crippen LogP contribution in [0.2, 0.25) is 5.02 Å². The maximum Gasteiger partial charge on any atom is 0.418 e. The van der Waals surface area contributed by atoms with Gasteiger partial charge in [-0.2, -0.15) is 26.3 Å². The van der Waals surface area contributed by atoms with Crippen LogP contribution in [0.5, 0.6) is 0 Å². The number of likely N-dealkylation sites (tertiary alicyclic amines) is 1. The molecule has 3 aromatic carbocycles. The van der Waals surface area contributed by atoms with Gasteiger partial charge in [0.15, 0.2) is 0 Å². The number of hydrogen-bond donors (Lipinski definition) is 1. The Morgan fingerprint density at radius 2 is 1.64 bits per heavy atom. The minimum absolute atomic E-state index is 0.00217. The fourth-order valence-corrected chi connectivity index (χ4v) is 6.28. The first-order valence-electron chi connectivity index (χ1n) is 13.6. The molecule has 3 nitrogen and oxygen atoms in total. The maximum absolute atomic E-state index is 14.2. The van der Waals surface area contributed by atoms with Gasteiger partial charge >= 0.3 is 18.3 Å². The number of hydrogen-bond acceptors (Lipinski definition) is 2. The van der Waals surface area contributed by atoms with Gasteiger partial charge in [0, 0.05) is 19.6 Å². The van der Waals surface area contributed by atoms with Crippen molar-refractivity contribution in [3.8, 4) is 0 Å². The molecule has 1 aliphatic heterocycles. The Labute approximate surface area is 244 Å². The van der Waals surface area contributed by atoms with E-state index in [1.807, 2.05) is 24.3 Å². The number of carboxylic acid groups (broad SMARTS) is 1. The number of aryl methyl sites for hydroxylation is 1. The molecule has 0 amide bonds. The molecule has 0 aromatic heterocycles. The molecule has 0 unspecified atom stereocenters. The van der Waals surface area contributed by atoms with Crippen LogP contribution in [0, 0.1) is 5.92 Å². The molecule has 42 heavy (non-hydrogen) atoms. The summed E-state index contributed by atoms with van der Waals surface area (Å²) in [7, 11) is 0. The van der Waals surface area contributed by atoms with Crippen LogP contribution in [0.15, 0.2) is 60.7 Å². The van der Waals surface area contributed by atoms with Gasteiger partial charge in [0.1, 0.15) is 0 Å². The van der Waals surface area contributed by atoms with Crippen LogP contribution >= 0.6 is 11.6 Å². The number of benzene rings is 3. The first-order valence-corrected chi connectivity index (χ1v) is 14.0. The lowest BCUT2D eigenvalue weighted by Crippen LogP contribution is -2.48. The summed E-state index contributed by atoms with van der Waals surface area (Å²) in [5.74, 6) is -0.855. The van der Waals surface area contributed by atoms with Crippen LogP contribution in [0.3, 0.4) is 0 Å². The second-order valence-electron chi connectivity index (χ2n) is 10.9.